The summed E-state index contributed by atoms with van der Waals surface area (Å²) >= 11 is 0. The number of esters is 1. The van der Waals surface area contributed by atoms with Crippen molar-refractivity contribution in [2.75, 3.05) is 6.79 Å². The predicted molar refractivity (Wildman–Crippen MR) is 140 cm³/mol. The second kappa shape index (κ2) is 10.9. The molecule has 9 heteroatoms. The number of carbonyl (C=O) groups excluding carboxylic acids is 2. The van der Waals surface area contributed by atoms with Crippen LogP contribution in [-0.2, 0) is 20.7 Å². The fraction of sp³-hybridized carbons (Fsp3) is 0.483. The quantitative estimate of drug-likeness (QED) is 0.289. The Morgan fingerprint density at radius 3 is 2.37 bits per heavy atom. The van der Waals surface area contributed by atoms with Crippen LogP contribution < -0.4 is 14.9 Å². The van der Waals surface area contributed by atoms with Crippen LogP contribution in [0.5, 0.6) is 5.75 Å². The summed E-state index contributed by atoms with van der Waals surface area (Å²) in [4.78, 5) is 32.8. The highest BCUT2D eigenvalue weighted by Crippen LogP contribution is 2.46. The molecule has 0 saturated heterocycles. The molecular formula is C29H35N3O6. The first-order valence-electron chi connectivity index (χ1n) is 13.2. The molecule has 0 spiro atoms. The van der Waals surface area contributed by atoms with E-state index in [-0.39, 0.29) is 19.3 Å². The summed E-state index contributed by atoms with van der Waals surface area (Å²) in [5.74, 6) is 1.09. The van der Waals surface area contributed by atoms with Crippen LogP contribution >= 0.6 is 0 Å². The van der Waals surface area contributed by atoms with E-state index in [9.17, 15) is 9.59 Å². The van der Waals surface area contributed by atoms with Gasteiger partial charge in [-0.1, -0.05) is 35.2 Å². The summed E-state index contributed by atoms with van der Waals surface area (Å²) in [6.07, 6.45) is 5.71. The number of para-hydroxylation sites is 1. The molecule has 1 atom stereocenters. The fourth-order valence-corrected chi connectivity index (χ4v) is 4.44. The highest BCUT2D eigenvalue weighted by Gasteiger charge is 2.45. The third kappa shape index (κ3) is 6.96. The van der Waals surface area contributed by atoms with Gasteiger partial charge in [0.25, 0.3) is 6.79 Å². The smallest absolute Gasteiger partial charge is 0.408 e. The maximum Gasteiger partial charge on any atom is 0.408 e. The molecule has 202 valence electrons. The summed E-state index contributed by atoms with van der Waals surface area (Å²) in [6, 6.07) is 14.2. The molecule has 2 aromatic carbocycles. The van der Waals surface area contributed by atoms with E-state index < -0.39 is 23.7 Å². The van der Waals surface area contributed by atoms with E-state index >= 15 is 0 Å². The van der Waals surface area contributed by atoms with Crippen molar-refractivity contribution in [3.8, 4) is 5.75 Å². The van der Waals surface area contributed by atoms with Gasteiger partial charge < -0.3 is 24.4 Å². The van der Waals surface area contributed by atoms with Gasteiger partial charge >= 0.3 is 12.1 Å². The van der Waals surface area contributed by atoms with Crippen molar-refractivity contribution >= 4 is 23.0 Å². The summed E-state index contributed by atoms with van der Waals surface area (Å²) in [7, 11) is 0. The molecule has 1 amide bonds. The number of rotatable bonds is 11. The molecule has 9 nitrogen and oxygen atoms in total. The average Bonchev–Trinajstić information content (AvgIpc) is 3.80. The molecule has 5 rings (SSSR count). The van der Waals surface area contributed by atoms with E-state index in [0.29, 0.717) is 17.6 Å². The van der Waals surface area contributed by atoms with Crippen molar-refractivity contribution in [1.29, 1.82) is 0 Å². The molecule has 3 aromatic rings. The van der Waals surface area contributed by atoms with Crippen molar-refractivity contribution in [2.24, 2.45) is 11.8 Å². The molecule has 38 heavy (non-hydrogen) atoms. The van der Waals surface area contributed by atoms with Crippen molar-refractivity contribution in [2.45, 2.75) is 70.6 Å². The number of nitrogens with zero attached hydrogens (tertiary/aromatic N) is 2. The fourth-order valence-electron chi connectivity index (χ4n) is 4.44. The Morgan fingerprint density at radius 1 is 1.03 bits per heavy atom. The van der Waals surface area contributed by atoms with Crippen LogP contribution in [0.25, 0.3) is 10.9 Å². The van der Waals surface area contributed by atoms with E-state index in [1.807, 2.05) is 36.4 Å². The van der Waals surface area contributed by atoms with E-state index in [1.54, 1.807) is 39.1 Å². The molecule has 0 radical (unpaired) electrons. The highest BCUT2D eigenvalue weighted by atomic mass is 16.8. The Hall–Kier alpha value is -3.75. The summed E-state index contributed by atoms with van der Waals surface area (Å²) in [5, 5.41) is 7.92. The molecule has 0 unspecified atom stereocenters. The number of fused-ring (bicyclic) bond motifs is 1. The standard InChI is InChI=1S/C29H35N3O6/c1-29(2,3)38-28(34)31-24(27(33)37-26(20-10-11-20)21-12-13-21)16-19-8-14-23(15-9-19)35-18-36-32-25-7-5-4-6-22(25)17-30-32/h4-9,14-15,17,20-21,24,26H,10-13,16,18H2,1-3H3,(H,31,34)/t24-/m1/s1. The van der Waals surface area contributed by atoms with Gasteiger partial charge in [-0.15, -0.1) is 5.10 Å². The molecule has 1 heterocycles. The van der Waals surface area contributed by atoms with Crippen LogP contribution in [0.1, 0.15) is 52.0 Å². The number of nitrogens with one attached hydrogen (secondary N) is 1. The van der Waals surface area contributed by atoms with Gasteiger partial charge in [-0.25, -0.2) is 9.59 Å². The SMILES string of the molecule is CC(C)(C)OC(=O)N[C@H](Cc1ccc(OCOn2ncc3ccccc32)cc1)C(=O)OC(C1CC1)C1CC1. The first-order valence-corrected chi connectivity index (χ1v) is 13.2. The van der Waals surface area contributed by atoms with Crippen LogP contribution in [0, 0.1) is 11.8 Å². The summed E-state index contributed by atoms with van der Waals surface area (Å²) < 4.78 is 17.1. The number of hydrogen-bond acceptors (Lipinski definition) is 7. The monoisotopic (exact) mass is 521 g/mol. The topological polar surface area (TPSA) is 101 Å². The lowest BCUT2D eigenvalue weighted by Crippen LogP contribution is -2.46. The molecular weight excluding hydrogens is 486 g/mol. The van der Waals surface area contributed by atoms with E-state index in [0.717, 1.165) is 42.1 Å². The Morgan fingerprint density at radius 2 is 1.71 bits per heavy atom. The Labute approximate surface area is 222 Å². The second-order valence-corrected chi connectivity index (χ2v) is 11.1. The first kappa shape index (κ1) is 25.9. The van der Waals surface area contributed by atoms with Gasteiger partial charge in [-0.05, 0) is 82.1 Å². The lowest BCUT2D eigenvalue weighted by Gasteiger charge is -2.25. The van der Waals surface area contributed by atoms with Crippen LogP contribution in [0.3, 0.4) is 0 Å². The second-order valence-electron chi connectivity index (χ2n) is 11.1. The van der Waals surface area contributed by atoms with Gasteiger partial charge in [0.05, 0.1) is 6.20 Å². The Kier molecular flexibility index (Phi) is 7.44. The lowest BCUT2D eigenvalue weighted by molar-refractivity contribution is -0.154. The van der Waals surface area contributed by atoms with Crippen molar-refractivity contribution in [1.82, 2.24) is 15.3 Å². The van der Waals surface area contributed by atoms with Gasteiger partial charge in [-0.2, -0.15) is 0 Å². The number of amides is 1. The minimum Gasteiger partial charge on any atom is -0.460 e. The number of benzene rings is 2. The molecule has 2 aliphatic carbocycles. The Balaban J connectivity index is 1.19. The van der Waals surface area contributed by atoms with Crippen molar-refractivity contribution in [3.63, 3.8) is 0 Å². The van der Waals surface area contributed by atoms with Crippen molar-refractivity contribution in [3.05, 3.63) is 60.3 Å². The molecule has 0 bridgehead atoms. The van der Waals surface area contributed by atoms with Gasteiger partial charge in [-0.3, -0.25) is 0 Å². The average molecular weight is 522 g/mol. The number of aromatic nitrogens is 2. The van der Waals surface area contributed by atoms with E-state index in [1.165, 1.54) is 4.85 Å². The van der Waals surface area contributed by atoms with Crippen LogP contribution in [0.15, 0.2) is 54.7 Å². The lowest BCUT2D eigenvalue weighted by atomic mass is 10.1. The first-order chi connectivity index (χ1) is 18.2. The van der Waals surface area contributed by atoms with E-state index in [2.05, 4.69) is 10.4 Å². The zero-order valence-corrected chi connectivity index (χ0v) is 22.1. The minimum atomic E-state index is -0.854. The van der Waals surface area contributed by atoms with Gasteiger partial charge in [0.15, 0.2) is 0 Å². The third-order valence-corrected chi connectivity index (χ3v) is 6.61. The predicted octanol–water partition coefficient (Wildman–Crippen LogP) is 4.67. The normalized spacial score (nSPS) is 16.2. The summed E-state index contributed by atoms with van der Waals surface area (Å²) in [6.45, 7) is 5.33. The zero-order chi connectivity index (χ0) is 26.7. The van der Waals surface area contributed by atoms with Crippen LogP contribution in [0.2, 0.25) is 0 Å². The molecule has 2 aliphatic rings. The minimum absolute atomic E-state index is 0.0239. The molecule has 2 fully saturated rings. The van der Waals surface area contributed by atoms with Crippen LogP contribution in [-0.4, -0.2) is 46.5 Å². The zero-order valence-electron chi connectivity index (χ0n) is 22.1. The molecule has 2 saturated carbocycles. The van der Waals surface area contributed by atoms with Crippen molar-refractivity contribution < 1.29 is 28.6 Å². The Bertz CT molecular complexity index is 1250. The maximum atomic E-state index is 13.2. The molecule has 0 aliphatic heterocycles. The van der Waals surface area contributed by atoms with Gasteiger partial charge in [0, 0.05) is 11.8 Å². The highest BCUT2D eigenvalue weighted by molar-refractivity contribution is 5.82. The summed E-state index contributed by atoms with van der Waals surface area (Å²) in [5.41, 5.74) is 1.03. The van der Waals surface area contributed by atoms with Gasteiger partial charge in [0.1, 0.15) is 29.0 Å². The molecule has 1 N–H and O–H groups in total. The number of hydrogen-bond donors (Lipinski definition) is 1. The number of carbonyl (C=O) groups is 2. The number of ether oxygens (including phenoxy) is 3. The maximum absolute atomic E-state index is 13.2. The van der Waals surface area contributed by atoms with E-state index in [4.69, 9.17) is 19.0 Å². The number of alkyl carbamates (subject to hydrolysis) is 1. The third-order valence-electron chi connectivity index (χ3n) is 6.61. The van der Waals surface area contributed by atoms with Crippen LogP contribution in [0.4, 0.5) is 4.79 Å². The largest absolute Gasteiger partial charge is 0.460 e. The van der Waals surface area contributed by atoms with Gasteiger partial charge in [0.2, 0.25) is 0 Å². The molecule has 1 aromatic heterocycles.